The number of allylic oxidation sites excluding steroid dienone is 10. The van der Waals surface area contributed by atoms with Crippen molar-refractivity contribution in [1.29, 1.82) is 0 Å². The van der Waals surface area contributed by atoms with Crippen LogP contribution in [0.15, 0.2) is 60.8 Å². The molecule has 0 fully saturated rings. The van der Waals surface area contributed by atoms with Crippen molar-refractivity contribution in [3.8, 4) is 0 Å². The molecule has 0 heterocycles. The van der Waals surface area contributed by atoms with Gasteiger partial charge in [0.05, 0.1) is 0 Å². The van der Waals surface area contributed by atoms with Crippen LogP contribution in [-0.2, 0) is 28.6 Å². The molecular formula is C76H138O6. The van der Waals surface area contributed by atoms with Crippen LogP contribution in [0.4, 0.5) is 0 Å². The van der Waals surface area contributed by atoms with E-state index in [1.54, 1.807) is 0 Å². The molecule has 0 bridgehead atoms. The molecule has 0 spiro atoms. The van der Waals surface area contributed by atoms with Gasteiger partial charge in [-0.15, -0.1) is 0 Å². The molecular weight excluding hydrogens is 1010 g/mol. The van der Waals surface area contributed by atoms with Crippen molar-refractivity contribution in [3.63, 3.8) is 0 Å². The van der Waals surface area contributed by atoms with Crippen LogP contribution in [0.3, 0.4) is 0 Å². The number of carbonyl (C=O) groups is 3. The Bertz CT molecular complexity index is 1460. The van der Waals surface area contributed by atoms with Crippen LogP contribution in [0.2, 0.25) is 0 Å². The number of carbonyl (C=O) groups excluding carboxylic acids is 3. The molecule has 0 rings (SSSR count). The SMILES string of the molecule is CC/C=C\C/C=C\C/C=C\C/C=C\CCCCCCCCCCCCCCC(=O)OCC(COC(=O)CCCCCCC/C=C\CCCCCCCC)OC(=O)CCCCCCCCCCCCCCCCCCCCCCCCCC. The average molecular weight is 1150 g/mol. The van der Waals surface area contributed by atoms with Gasteiger partial charge in [-0.3, -0.25) is 14.4 Å². The van der Waals surface area contributed by atoms with Gasteiger partial charge in [0.25, 0.3) is 0 Å². The Hall–Kier alpha value is -2.89. The number of rotatable bonds is 67. The van der Waals surface area contributed by atoms with Crippen LogP contribution in [0.5, 0.6) is 0 Å². The predicted octanol–water partition coefficient (Wildman–Crippen LogP) is 25.1. The smallest absolute Gasteiger partial charge is 0.306 e. The molecule has 1 unspecified atom stereocenters. The third-order valence-electron chi connectivity index (χ3n) is 16.3. The predicted molar refractivity (Wildman–Crippen MR) is 358 cm³/mol. The molecule has 6 heteroatoms. The van der Waals surface area contributed by atoms with E-state index in [-0.39, 0.29) is 31.1 Å². The molecule has 478 valence electrons. The highest BCUT2D eigenvalue weighted by Gasteiger charge is 2.19. The summed E-state index contributed by atoms with van der Waals surface area (Å²) < 4.78 is 17.0. The number of unbranched alkanes of at least 4 members (excludes halogenated alkanes) is 46. The van der Waals surface area contributed by atoms with Crippen LogP contribution < -0.4 is 0 Å². The lowest BCUT2D eigenvalue weighted by atomic mass is 10.0. The normalized spacial score (nSPS) is 12.4. The minimum absolute atomic E-state index is 0.0734. The summed E-state index contributed by atoms with van der Waals surface area (Å²) in [5.41, 5.74) is 0. The van der Waals surface area contributed by atoms with E-state index in [0.29, 0.717) is 19.3 Å². The third kappa shape index (κ3) is 67.9. The second-order valence-corrected chi connectivity index (χ2v) is 24.5. The van der Waals surface area contributed by atoms with Crippen LogP contribution in [0.1, 0.15) is 387 Å². The Kier molecular flexibility index (Phi) is 68.1. The highest BCUT2D eigenvalue weighted by molar-refractivity contribution is 5.71. The molecule has 0 aromatic carbocycles. The molecule has 0 saturated heterocycles. The summed E-state index contributed by atoms with van der Waals surface area (Å²) in [7, 11) is 0. The molecule has 0 radical (unpaired) electrons. The lowest BCUT2D eigenvalue weighted by molar-refractivity contribution is -0.167. The molecule has 0 aromatic heterocycles. The first-order valence-electron chi connectivity index (χ1n) is 36.3. The van der Waals surface area contributed by atoms with E-state index >= 15 is 0 Å². The molecule has 0 amide bonds. The fourth-order valence-corrected chi connectivity index (χ4v) is 10.8. The molecule has 6 nitrogen and oxygen atoms in total. The summed E-state index contributed by atoms with van der Waals surface area (Å²) in [6, 6.07) is 0. The topological polar surface area (TPSA) is 78.9 Å². The zero-order valence-electron chi connectivity index (χ0n) is 55.0. The van der Waals surface area contributed by atoms with Crippen molar-refractivity contribution >= 4 is 17.9 Å². The monoisotopic (exact) mass is 1150 g/mol. The Morgan fingerprint density at radius 2 is 0.476 bits per heavy atom. The van der Waals surface area contributed by atoms with E-state index in [0.717, 1.165) is 89.9 Å². The molecule has 0 N–H and O–H groups in total. The van der Waals surface area contributed by atoms with E-state index in [9.17, 15) is 14.4 Å². The van der Waals surface area contributed by atoms with Gasteiger partial charge < -0.3 is 14.2 Å². The highest BCUT2D eigenvalue weighted by atomic mass is 16.6. The van der Waals surface area contributed by atoms with E-state index in [2.05, 4.69) is 81.5 Å². The van der Waals surface area contributed by atoms with Gasteiger partial charge >= 0.3 is 17.9 Å². The quantitative estimate of drug-likeness (QED) is 0.0261. The van der Waals surface area contributed by atoms with Crippen molar-refractivity contribution in [3.05, 3.63) is 60.8 Å². The zero-order chi connectivity index (χ0) is 59.2. The van der Waals surface area contributed by atoms with Crippen molar-refractivity contribution in [1.82, 2.24) is 0 Å². The number of hydrogen-bond donors (Lipinski definition) is 0. The first-order chi connectivity index (χ1) is 40.5. The van der Waals surface area contributed by atoms with Crippen molar-refractivity contribution < 1.29 is 28.6 Å². The second-order valence-electron chi connectivity index (χ2n) is 24.5. The zero-order valence-corrected chi connectivity index (χ0v) is 55.0. The summed E-state index contributed by atoms with van der Waals surface area (Å²) in [5.74, 6) is -0.856. The van der Waals surface area contributed by atoms with Gasteiger partial charge in [-0.1, -0.05) is 345 Å². The third-order valence-corrected chi connectivity index (χ3v) is 16.3. The van der Waals surface area contributed by atoms with Gasteiger partial charge in [0, 0.05) is 19.3 Å². The summed E-state index contributed by atoms with van der Waals surface area (Å²) in [4.78, 5) is 38.5. The standard InChI is InChI=1S/C76H138O6/c1-4-7-10-13-16-19-22-25-28-30-32-34-36-38-40-41-43-45-48-51-54-57-60-63-66-69-75(78)81-72-73(71-80-74(77)68-65-62-59-56-53-50-47-27-24-21-18-15-12-9-6-3)82-76(79)70-67-64-61-58-55-52-49-46-44-42-39-37-35-33-31-29-26-23-20-17-14-11-8-5-2/h7,10,16,19,25,27-28,32,34,47,73H,4-6,8-9,11-15,17-18,20-24,26,29-31,33,35-46,48-72H2,1-3H3/b10-7-,19-16-,28-25-,34-32-,47-27-. The van der Waals surface area contributed by atoms with Gasteiger partial charge in [-0.2, -0.15) is 0 Å². The van der Waals surface area contributed by atoms with E-state index in [1.807, 2.05) is 0 Å². The largest absolute Gasteiger partial charge is 0.462 e. The first-order valence-corrected chi connectivity index (χ1v) is 36.3. The summed E-state index contributed by atoms with van der Waals surface area (Å²) in [6.07, 6.45) is 91.1. The Morgan fingerprint density at radius 1 is 0.256 bits per heavy atom. The minimum atomic E-state index is -0.778. The lowest BCUT2D eigenvalue weighted by Gasteiger charge is -2.18. The first kappa shape index (κ1) is 79.1. The van der Waals surface area contributed by atoms with Gasteiger partial charge in [-0.25, -0.2) is 0 Å². The molecule has 0 aliphatic heterocycles. The Labute approximate surface area is 510 Å². The van der Waals surface area contributed by atoms with Gasteiger partial charge in [0.15, 0.2) is 6.10 Å². The van der Waals surface area contributed by atoms with Crippen LogP contribution >= 0.6 is 0 Å². The fourth-order valence-electron chi connectivity index (χ4n) is 10.8. The molecule has 0 aliphatic rings. The summed E-state index contributed by atoms with van der Waals surface area (Å²) in [6.45, 7) is 6.59. The van der Waals surface area contributed by atoms with Gasteiger partial charge in [0.1, 0.15) is 13.2 Å². The second kappa shape index (κ2) is 70.6. The Morgan fingerprint density at radius 3 is 0.756 bits per heavy atom. The Balaban J connectivity index is 4.28. The van der Waals surface area contributed by atoms with Gasteiger partial charge in [0.2, 0.25) is 0 Å². The number of esters is 3. The van der Waals surface area contributed by atoms with E-state index in [4.69, 9.17) is 14.2 Å². The summed E-state index contributed by atoms with van der Waals surface area (Å²) in [5, 5.41) is 0. The van der Waals surface area contributed by atoms with Crippen molar-refractivity contribution in [2.45, 2.75) is 393 Å². The molecule has 0 saturated carbocycles. The molecule has 82 heavy (non-hydrogen) atoms. The molecule has 0 aromatic rings. The highest BCUT2D eigenvalue weighted by Crippen LogP contribution is 2.18. The fraction of sp³-hybridized carbons (Fsp3) is 0.829. The summed E-state index contributed by atoms with van der Waals surface area (Å²) >= 11 is 0. The van der Waals surface area contributed by atoms with E-state index in [1.165, 1.54) is 257 Å². The number of ether oxygens (including phenoxy) is 3. The molecule has 0 aliphatic carbocycles. The van der Waals surface area contributed by atoms with Crippen LogP contribution in [-0.4, -0.2) is 37.2 Å². The number of hydrogen-bond acceptors (Lipinski definition) is 6. The van der Waals surface area contributed by atoms with Crippen LogP contribution in [0.25, 0.3) is 0 Å². The maximum atomic E-state index is 13.0. The van der Waals surface area contributed by atoms with Gasteiger partial charge in [-0.05, 0) is 83.5 Å². The molecule has 1 atom stereocenters. The van der Waals surface area contributed by atoms with E-state index < -0.39 is 6.10 Å². The maximum absolute atomic E-state index is 13.0. The van der Waals surface area contributed by atoms with Crippen molar-refractivity contribution in [2.24, 2.45) is 0 Å². The van der Waals surface area contributed by atoms with Crippen molar-refractivity contribution in [2.75, 3.05) is 13.2 Å². The average Bonchev–Trinajstić information content (AvgIpc) is 3.47. The lowest BCUT2D eigenvalue weighted by Crippen LogP contribution is -2.30. The maximum Gasteiger partial charge on any atom is 0.306 e. The van der Waals surface area contributed by atoms with Crippen LogP contribution in [0, 0.1) is 0 Å². The minimum Gasteiger partial charge on any atom is -0.462 e.